The standard InChI is InChI=1S/C8H16N2OS.C2H6/c1-9-3-5-10(6-4-9)8(11)7-12-2;1-2/h3-7H2,1-2H3;1-2H3. The summed E-state index contributed by atoms with van der Waals surface area (Å²) in [4.78, 5) is 15.6. The Hall–Kier alpha value is -0.220. The zero-order valence-corrected chi connectivity index (χ0v) is 10.6. The van der Waals surface area contributed by atoms with Crippen LogP contribution in [0.1, 0.15) is 13.8 Å². The van der Waals surface area contributed by atoms with E-state index in [0.717, 1.165) is 26.2 Å². The van der Waals surface area contributed by atoms with Gasteiger partial charge in [0.1, 0.15) is 0 Å². The molecule has 0 N–H and O–H groups in total. The Kier molecular flexibility index (Phi) is 7.99. The molecule has 1 aliphatic rings. The van der Waals surface area contributed by atoms with Gasteiger partial charge in [-0.25, -0.2) is 0 Å². The van der Waals surface area contributed by atoms with Crippen molar-refractivity contribution in [3.05, 3.63) is 0 Å². The Morgan fingerprint density at radius 2 is 1.71 bits per heavy atom. The number of thioether (sulfide) groups is 1. The average Bonchev–Trinajstić information content (AvgIpc) is 2.22. The number of hydrogen-bond donors (Lipinski definition) is 0. The zero-order chi connectivity index (χ0) is 11.0. The Morgan fingerprint density at radius 1 is 1.21 bits per heavy atom. The number of nitrogens with zero attached hydrogens (tertiary/aromatic N) is 2. The Balaban J connectivity index is 0.000000791. The van der Waals surface area contributed by atoms with Crippen LogP contribution in [0.2, 0.25) is 0 Å². The molecule has 1 saturated heterocycles. The van der Waals surface area contributed by atoms with Crippen LogP contribution < -0.4 is 0 Å². The van der Waals surface area contributed by atoms with Gasteiger partial charge in [0.25, 0.3) is 0 Å². The van der Waals surface area contributed by atoms with E-state index in [1.54, 1.807) is 11.8 Å². The monoisotopic (exact) mass is 218 g/mol. The Labute approximate surface area is 91.8 Å². The van der Waals surface area contributed by atoms with Crippen molar-refractivity contribution in [3.8, 4) is 0 Å². The molecule has 14 heavy (non-hydrogen) atoms. The number of rotatable bonds is 2. The molecule has 0 unspecified atom stereocenters. The summed E-state index contributed by atoms with van der Waals surface area (Å²) in [6, 6.07) is 0. The molecule has 84 valence electrons. The lowest BCUT2D eigenvalue weighted by Crippen LogP contribution is -2.47. The van der Waals surface area contributed by atoms with E-state index in [2.05, 4.69) is 11.9 Å². The summed E-state index contributed by atoms with van der Waals surface area (Å²) in [6.07, 6.45) is 1.97. The quantitative estimate of drug-likeness (QED) is 0.694. The van der Waals surface area contributed by atoms with Crippen LogP contribution >= 0.6 is 11.8 Å². The third kappa shape index (κ3) is 4.86. The van der Waals surface area contributed by atoms with Gasteiger partial charge in [0.15, 0.2) is 0 Å². The van der Waals surface area contributed by atoms with Crippen molar-refractivity contribution in [1.29, 1.82) is 0 Å². The second kappa shape index (κ2) is 8.12. The summed E-state index contributed by atoms with van der Waals surface area (Å²) in [5, 5.41) is 0. The SMILES string of the molecule is CC.CSCC(=O)N1CCN(C)CC1. The van der Waals surface area contributed by atoms with E-state index in [1.807, 2.05) is 25.0 Å². The van der Waals surface area contributed by atoms with Gasteiger partial charge in [-0.1, -0.05) is 13.8 Å². The predicted molar refractivity (Wildman–Crippen MR) is 63.8 cm³/mol. The molecule has 0 saturated carbocycles. The van der Waals surface area contributed by atoms with Crippen molar-refractivity contribution >= 4 is 17.7 Å². The van der Waals surface area contributed by atoms with E-state index in [9.17, 15) is 4.79 Å². The molecule has 0 atom stereocenters. The molecule has 0 aromatic heterocycles. The Morgan fingerprint density at radius 3 is 2.14 bits per heavy atom. The molecule has 0 spiro atoms. The summed E-state index contributed by atoms with van der Waals surface area (Å²) in [7, 11) is 2.09. The summed E-state index contributed by atoms with van der Waals surface area (Å²) in [6.45, 7) is 7.83. The molecular weight excluding hydrogens is 196 g/mol. The molecule has 4 heteroatoms. The smallest absolute Gasteiger partial charge is 0.232 e. The van der Waals surface area contributed by atoms with Gasteiger partial charge in [0, 0.05) is 26.2 Å². The van der Waals surface area contributed by atoms with E-state index < -0.39 is 0 Å². The topological polar surface area (TPSA) is 23.6 Å². The normalized spacial score (nSPS) is 17.3. The largest absolute Gasteiger partial charge is 0.339 e. The van der Waals surface area contributed by atoms with Crippen LogP contribution in [-0.4, -0.2) is 60.9 Å². The highest BCUT2D eigenvalue weighted by atomic mass is 32.2. The lowest BCUT2D eigenvalue weighted by atomic mass is 10.3. The van der Waals surface area contributed by atoms with Crippen molar-refractivity contribution in [1.82, 2.24) is 9.80 Å². The van der Waals surface area contributed by atoms with E-state index in [0.29, 0.717) is 5.75 Å². The minimum Gasteiger partial charge on any atom is -0.339 e. The van der Waals surface area contributed by atoms with Crippen molar-refractivity contribution in [3.63, 3.8) is 0 Å². The molecule has 1 heterocycles. The number of amides is 1. The molecule has 1 fully saturated rings. The number of hydrogen-bond acceptors (Lipinski definition) is 3. The highest BCUT2D eigenvalue weighted by molar-refractivity contribution is 7.99. The number of carbonyl (C=O) groups is 1. The van der Waals surface area contributed by atoms with Crippen molar-refractivity contribution in [2.75, 3.05) is 45.2 Å². The molecule has 0 bridgehead atoms. The van der Waals surface area contributed by atoms with Crippen LogP contribution in [0.3, 0.4) is 0 Å². The van der Waals surface area contributed by atoms with Crippen LogP contribution in [0.25, 0.3) is 0 Å². The fourth-order valence-corrected chi connectivity index (χ4v) is 1.70. The highest BCUT2D eigenvalue weighted by Gasteiger charge is 2.17. The first kappa shape index (κ1) is 13.8. The third-order valence-electron chi connectivity index (χ3n) is 2.12. The first-order valence-corrected chi connectivity index (χ1v) is 6.58. The summed E-state index contributed by atoms with van der Waals surface area (Å²) < 4.78 is 0. The summed E-state index contributed by atoms with van der Waals surface area (Å²) in [5.41, 5.74) is 0. The van der Waals surface area contributed by atoms with Gasteiger partial charge >= 0.3 is 0 Å². The van der Waals surface area contributed by atoms with Crippen LogP contribution in [0.4, 0.5) is 0 Å². The first-order chi connectivity index (χ1) is 6.74. The van der Waals surface area contributed by atoms with Crippen LogP contribution in [0.5, 0.6) is 0 Å². The van der Waals surface area contributed by atoms with Gasteiger partial charge < -0.3 is 9.80 Å². The van der Waals surface area contributed by atoms with Crippen LogP contribution in [-0.2, 0) is 4.79 Å². The number of piperazine rings is 1. The van der Waals surface area contributed by atoms with Crippen LogP contribution in [0.15, 0.2) is 0 Å². The van der Waals surface area contributed by atoms with Gasteiger partial charge in [-0.2, -0.15) is 11.8 Å². The fraction of sp³-hybridized carbons (Fsp3) is 0.900. The van der Waals surface area contributed by atoms with Crippen molar-refractivity contribution in [2.45, 2.75) is 13.8 Å². The average molecular weight is 218 g/mol. The molecule has 0 aliphatic carbocycles. The van der Waals surface area contributed by atoms with Gasteiger partial charge in [-0.05, 0) is 13.3 Å². The van der Waals surface area contributed by atoms with E-state index in [-0.39, 0.29) is 5.91 Å². The second-order valence-electron chi connectivity index (χ2n) is 3.12. The summed E-state index contributed by atoms with van der Waals surface area (Å²) in [5.74, 6) is 0.916. The molecule has 0 aromatic carbocycles. The minimum absolute atomic E-state index is 0.288. The lowest BCUT2D eigenvalue weighted by molar-refractivity contribution is -0.129. The minimum atomic E-state index is 0.288. The zero-order valence-electron chi connectivity index (χ0n) is 9.75. The predicted octanol–water partition coefficient (Wildman–Crippen LogP) is 1.15. The number of likely N-dealkylation sites (N-methyl/N-ethyl adjacent to an activating group) is 1. The van der Waals surface area contributed by atoms with E-state index in [4.69, 9.17) is 0 Å². The first-order valence-electron chi connectivity index (χ1n) is 5.19. The van der Waals surface area contributed by atoms with Crippen molar-refractivity contribution in [2.24, 2.45) is 0 Å². The van der Waals surface area contributed by atoms with Gasteiger partial charge in [-0.15, -0.1) is 0 Å². The van der Waals surface area contributed by atoms with Crippen molar-refractivity contribution < 1.29 is 4.79 Å². The van der Waals surface area contributed by atoms with E-state index in [1.165, 1.54) is 0 Å². The molecule has 3 nitrogen and oxygen atoms in total. The van der Waals surface area contributed by atoms with E-state index >= 15 is 0 Å². The molecule has 1 aliphatic heterocycles. The van der Waals surface area contributed by atoms with Crippen LogP contribution in [0, 0.1) is 0 Å². The third-order valence-corrected chi connectivity index (χ3v) is 2.66. The maximum Gasteiger partial charge on any atom is 0.232 e. The molecule has 0 aromatic rings. The van der Waals surface area contributed by atoms with Gasteiger partial charge in [0.2, 0.25) is 5.91 Å². The molecule has 1 amide bonds. The summed E-state index contributed by atoms with van der Waals surface area (Å²) >= 11 is 1.60. The molecular formula is C10H22N2OS. The number of carbonyl (C=O) groups excluding carboxylic acids is 1. The molecule has 1 rings (SSSR count). The van der Waals surface area contributed by atoms with Gasteiger partial charge in [-0.3, -0.25) is 4.79 Å². The Bertz CT molecular complexity index is 156. The maximum atomic E-state index is 11.4. The molecule has 0 radical (unpaired) electrons. The fourth-order valence-electron chi connectivity index (χ4n) is 1.27. The highest BCUT2D eigenvalue weighted by Crippen LogP contribution is 2.02. The lowest BCUT2D eigenvalue weighted by Gasteiger charge is -2.32. The second-order valence-corrected chi connectivity index (χ2v) is 3.98. The van der Waals surface area contributed by atoms with Gasteiger partial charge in [0.05, 0.1) is 5.75 Å². The maximum absolute atomic E-state index is 11.4.